The van der Waals surface area contributed by atoms with E-state index in [1.54, 1.807) is 12.1 Å². The van der Waals surface area contributed by atoms with Crippen LogP contribution in [-0.4, -0.2) is 80.5 Å². The van der Waals surface area contributed by atoms with Gasteiger partial charge in [-0.1, -0.05) is 109 Å². The first-order valence-electron chi connectivity index (χ1n) is 20.3. The molecule has 1 fully saturated rings. The smallest absolute Gasteiger partial charge is 0.387 e. The molecule has 0 spiro atoms. The number of phosphoric acid groups is 1. The summed E-state index contributed by atoms with van der Waals surface area (Å²) in [6.07, 6.45) is 16.1. The monoisotopic (exact) mass is 812 g/mol. The quantitative estimate of drug-likeness (QED) is 0.0394. The summed E-state index contributed by atoms with van der Waals surface area (Å²) < 4.78 is 70.8. The Morgan fingerprint density at radius 1 is 0.893 bits per heavy atom. The first-order chi connectivity index (χ1) is 27.0. The summed E-state index contributed by atoms with van der Waals surface area (Å²) in [5.74, 6) is -1.38. The number of fused-ring (bicyclic) bond motifs is 1. The Labute approximate surface area is 329 Å². The molecule has 3 heterocycles. The summed E-state index contributed by atoms with van der Waals surface area (Å²) >= 11 is 0. The highest BCUT2D eigenvalue weighted by Crippen LogP contribution is 2.46. The van der Waals surface area contributed by atoms with Crippen LogP contribution < -0.4 is 5.73 Å². The fraction of sp³-hybridized carbons (Fsp3) is 0.700. The molecular formula is C40H63F2N4O9P. The highest BCUT2D eigenvalue weighted by Gasteiger charge is 2.54. The van der Waals surface area contributed by atoms with Crippen molar-refractivity contribution in [2.24, 2.45) is 0 Å². The van der Waals surface area contributed by atoms with Crippen LogP contribution in [0, 0.1) is 11.6 Å². The first kappa shape index (κ1) is 46.1. The number of aromatic nitrogens is 3. The largest absolute Gasteiger partial charge is 0.472 e. The number of nitrogens with two attached hydrogens (primary N) is 1. The van der Waals surface area contributed by atoms with E-state index in [0.717, 1.165) is 31.4 Å². The van der Waals surface area contributed by atoms with E-state index in [4.69, 9.17) is 29.0 Å². The Kier molecular flexibility index (Phi) is 19.5. The number of unbranched alkanes of at least 4 members (excludes halogenated alkanes) is 15. The van der Waals surface area contributed by atoms with E-state index in [0.29, 0.717) is 17.8 Å². The van der Waals surface area contributed by atoms with Gasteiger partial charge in [0.15, 0.2) is 5.82 Å². The number of anilines is 1. The van der Waals surface area contributed by atoms with Gasteiger partial charge in [0.05, 0.1) is 32.1 Å². The molecule has 316 valence electrons. The molecule has 0 saturated carbocycles. The lowest BCUT2D eigenvalue weighted by molar-refractivity contribution is -0.0902. The van der Waals surface area contributed by atoms with Crippen LogP contribution in [0.4, 0.5) is 14.6 Å². The lowest BCUT2D eigenvalue weighted by Crippen LogP contribution is -2.39. The average molecular weight is 813 g/mol. The Balaban J connectivity index is 1.17. The minimum Gasteiger partial charge on any atom is -0.387 e. The van der Waals surface area contributed by atoms with Gasteiger partial charge in [-0.15, -0.1) is 0 Å². The van der Waals surface area contributed by atoms with Crippen molar-refractivity contribution >= 4 is 19.2 Å². The summed E-state index contributed by atoms with van der Waals surface area (Å²) in [5.41, 5.74) is 4.97. The number of ether oxygens (including phenoxy) is 3. The van der Waals surface area contributed by atoms with E-state index >= 15 is 0 Å². The Hall–Kier alpha value is -2.59. The molecule has 0 amide bonds. The van der Waals surface area contributed by atoms with Crippen molar-refractivity contribution in [3.05, 3.63) is 59.6 Å². The number of hydrogen-bond acceptors (Lipinski definition) is 11. The zero-order chi connectivity index (χ0) is 40.4. The Morgan fingerprint density at radius 3 is 2.09 bits per heavy atom. The lowest BCUT2D eigenvalue weighted by Gasteiger charge is -2.27. The Morgan fingerprint density at radius 2 is 1.48 bits per heavy atom. The van der Waals surface area contributed by atoms with Gasteiger partial charge in [0.1, 0.15) is 53.5 Å². The SMILES string of the molecule is CCCCCCCCCCCCCCCCCCOC[C@H](COP(=O)(O)OC[C@H]1O[C@@](C)(c2ccc3c(N)ncnn23)[C@H](O)[C@@H]1O)OCc1c(F)cccc1F. The number of hydrogen-bond donors (Lipinski definition) is 4. The zero-order valence-electron chi connectivity index (χ0n) is 33.0. The number of aliphatic hydroxyl groups excluding tert-OH is 2. The number of nitrogens with zero attached hydrogens (tertiary/aromatic N) is 3. The van der Waals surface area contributed by atoms with Crippen LogP contribution in [-0.2, 0) is 40.0 Å². The number of rotatable bonds is 29. The molecule has 1 aliphatic rings. The van der Waals surface area contributed by atoms with E-state index < -0.39 is 69.3 Å². The van der Waals surface area contributed by atoms with Gasteiger partial charge in [-0.25, -0.2) is 22.8 Å². The minimum atomic E-state index is -4.78. The molecule has 5 N–H and O–H groups in total. The maximum Gasteiger partial charge on any atom is 0.472 e. The van der Waals surface area contributed by atoms with Crippen LogP contribution in [0.15, 0.2) is 36.7 Å². The molecule has 1 aromatic carbocycles. The van der Waals surface area contributed by atoms with Gasteiger partial charge >= 0.3 is 7.82 Å². The topological polar surface area (TPSA) is 180 Å². The predicted molar refractivity (Wildman–Crippen MR) is 209 cm³/mol. The molecular weight excluding hydrogens is 749 g/mol. The third kappa shape index (κ3) is 14.1. The van der Waals surface area contributed by atoms with Crippen LogP contribution in [0.2, 0.25) is 0 Å². The van der Waals surface area contributed by atoms with Crippen molar-refractivity contribution in [3.63, 3.8) is 0 Å². The standard InChI is InChI=1S/C40H63F2N4O9P/c1-3-4-5-6-7-8-9-10-11-12-13-14-15-16-17-18-24-51-25-30(52-27-31-32(41)20-19-21-33(31)42)26-53-56(49,50)54-28-35-37(47)38(48)40(2,55-35)36-23-22-34-39(43)44-29-45-46(34)36/h19-23,29-30,35,37-38,47-48H,3-18,24-28H2,1-2H3,(H,49,50)(H2,43,44,45)/t30-,35-,37-,38-,40+/m1/s1. The number of phosphoric ester groups is 1. The van der Waals surface area contributed by atoms with Crippen molar-refractivity contribution in [2.45, 2.75) is 153 Å². The molecule has 4 rings (SSSR count). The van der Waals surface area contributed by atoms with E-state index in [1.807, 2.05) is 0 Å². The average Bonchev–Trinajstić information content (AvgIpc) is 3.71. The second kappa shape index (κ2) is 23.7. The van der Waals surface area contributed by atoms with Crippen LogP contribution in [0.3, 0.4) is 0 Å². The fourth-order valence-corrected chi connectivity index (χ4v) is 7.79. The highest BCUT2D eigenvalue weighted by atomic mass is 31.2. The van der Waals surface area contributed by atoms with Crippen molar-refractivity contribution in [2.75, 3.05) is 32.2 Å². The molecule has 13 nitrogen and oxygen atoms in total. The maximum atomic E-state index is 14.3. The van der Waals surface area contributed by atoms with Gasteiger partial charge in [-0.2, -0.15) is 5.10 Å². The predicted octanol–water partition coefficient (Wildman–Crippen LogP) is 7.92. The molecule has 0 radical (unpaired) electrons. The Bertz CT molecular complexity index is 1620. The zero-order valence-corrected chi connectivity index (χ0v) is 33.9. The van der Waals surface area contributed by atoms with Gasteiger partial charge in [0.2, 0.25) is 0 Å². The molecule has 6 atom stereocenters. The van der Waals surface area contributed by atoms with E-state index in [1.165, 1.54) is 107 Å². The maximum absolute atomic E-state index is 14.3. The van der Waals surface area contributed by atoms with Crippen molar-refractivity contribution in [1.82, 2.24) is 14.6 Å². The van der Waals surface area contributed by atoms with Gasteiger partial charge < -0.3 is 35.1 Å². The molecule has 1 saturated heterocycles. The molecule has 3 aromatic rings. The van der Waals surface area contributed by atoms with E-state index in [9.17, 15) is 28.5 Å². The van der Waals surface area contributed by atoms with Crippen LogP contribution in [0.25, 0.3) is 5.52 Å². The first-order valence-corrected chi connectivity index (χ1v) is 21.8. The van der Waals surface area contributed by atoms with Crippen molar-refractivity contribution in [1.29, 1.82) is 0 Å². The molecule has 56 heavy (non-hydrogen) atoms. The lowest BCUT2D eigenvalue weighted by atomic mass is 9.93. The second-order valence-corrected chi connectivity index (χ2v) is 16.4. The van der Waals surface area contributed by atoms with Crippen molar-refractivity contribution in [3.8, 4) is 0 Å². The van der Waals surface area contributed by atoms with Crippen molar-refractivity contribution < 1.29 is 51.7 Å². The molecule has 1 aliphatic heterocycles. The second-order valence-electron chi connectivity index (χ2n) is 14.9. The van der Waals surface area contributed by atoms with Crippen LogP contribution in [0.5, 0.6) is 0 Å². The third-order valence-electron chi connectivity index (χ3n) is 10.5. The number of nitrogen functional groups attached to an aromatic ring is 1. The summed E-state index contributed by atoms with van der Waals surface area (Å²) in [6, 6.07) is 6.73. The van der Waals surface area contributed by atoms with Crippen LogP contribution in [0.1, 0.15) is 128 Å². The molecule has 0 bridgehead atoms. The summed E-state index contributed by atoms with van der Waals surface area (Å²) in [4.78, 5) is 14.5. The molecule has 2 aromatic heterocycles. The van der Waals surface area contributed by atoms with Gasteiger partial charge in [0, 0.05) is 12.2 Å². The molecule has 1 unspecified atom stereocenters. The number of aliphatic hydroxyl groups is 2. The normalized spacial score (nSPS) is 21.5. The fourth-order valence-electron chi connectivity index (χ4n) is 7.02. The van der Waals surface area contributed by atoms with Gasteiger partial charge in [0.25, 0.3) is 0 Å². The molecule has 16 heteroatoms. The van der Waals surface area contributed by atoms with Gasteiger partial charge in [-0.05, 0) is 37.6 Å². The summed E-state index contributed by atoms with van der Waals surface area (Å²) in [5, 5.41) is 25.9. The van der Waals surface area contributed by atoms with Gasteiger partial charge in [-0.3, -0.25) is 9.05 Å². The number of halogens is 2. The van der Waals surface area contributed by atoms with E-state index in [2.05, 4.69) is 17.0 Å². The number of benzene rings is 1. The molecule has 0 aliphatic carbocycles. The minimum absolute atomic E-state index is 0.0663. The highest BCUT2D eigenvalue weighted by molar-refractivity contribution is 7.47. The summed E-state index contributed by atoms with van der Waals surface area (Å²) in [6.45, 7) is 2.54. The van der Waals surface area contributed by atoms with E-state index in [-0.39, 0.29) is 18.0 Å². The van der Waals surface area contributed by atoms with Crippen LogP contribution >= 0.6 is 7.82 Å². The summed E-state index contributed by atoms with van der Waals surface area (Å²) in [7, 11) is -4.78. The third-order valence-corrected chi connectivity index (χ3v) is 11.4.